The van der Waals surface area contributed by atoms with Gasteiger partial charge in [-0.25, -0.2) is 15.0 Å². The van der Waals surface area contributed by atoms with Gasteiger partial charge in [0.1, 0.15) is 22.4 Å². The van der Waals surface area contributed by atoms with E-state index in [1.165, 1.54) is 14.0 Å². The number of hydrogen-bond donors (Lipinski definition) is 3. The molecule has 0 bridgehead atoms. The van der Waals surface area contributed by atoms with Gasteiger partial charge < -0.3 is 25.1 Å². The predicted octanol–water partition coefficient (Wildman–Crippen LogP) is 3.85. The number of halogens is 1. The molecule has 1 saturated heterocycles. The molecule has 3 N–H and O–H groups in total. The number of carbonyl (C=O) groups is 3. The zero-order valence-corrected chi connectivity index (χ0v) is 26.1. The fraction of sp³-hybridized carbons (Fsp3) is 0.379. The number of rotatable bonds is 9. The second-order valence-corrected chi connectivity index (χ2v) is 10.7. The number of carbonyl (C=O) groups excluding carboxylic acids is 3. The van der Waals surface area contributed by atoms with Crippen molar-refractivity contribution in [3.63, 3.8) is 0 Å². The lowest BCUT2D eigenvalue weighted by molar-refractivity contribution is -0.132. The van der Waals surface area contributed by atoms with E-state index in [0.29, 0.717) is 41.2 Å². The highest BCUT2D eigenvalue weighted by atomic mass is 79.9. The number of ketones is 1. The summed E-state index contributed by atoms with van der Waals surface area (Å²) >= 11 is 3.29. The van der Waals surface area contributed by atoms with Crippen LogP contribution in [-0.2, 0) is 14.4 Å². The highest BCUT2D eigenvalue weighted by molar-refractivity contribution is 9.10. The average molecular weight is 640 g/mol. The molecular formula is C29H35BrN8O4. The van der Waals surface area contributed by atoms with E-state index in [0.717, 1.165) is 22.3 Å². The summed E-state index contributed by atoms with van der Waals surface area (Å²) in [5, 5.41) is 14.3. The van der Waals surface area contributed by atoms with Crippen molar-refractivity contribution in [2.24, 2.45) is 5.92 Å². The Bertz CT molecular complexity index is 1460. The van der Waals surface area contributed by atoms with E-state index in [1.807, 2.05) is 33.0 Å². The maximum atomic E-state index is 12.7. The SMILES string of the molecule is CNc1nc(Br)ccc1C.COc1ncc(-c2cc(C(=N)C(C)=O)c(NCC(=O)N3CC(C)CC3C=O)c(C)n2)cn1. The van der Waals surface area contributed by atoms with Crippen LogP contribution in [0.15, 0.2) is 35.2 Å². The predicted molar refractivity (Wildman–Crippen MR) is 164 cm³/mol. The molecule has 0 spiro atoms. The number of aryl methyl sites for hydroxylation is 2. The second kappa shape index (κ2) is 14.6. The first-order valence-corrected chi connectivity index (χ1v) is 14.1. The second-order valence-electron chi connectivity index (χ2n) is 9.90. The first-order chi connectivity index (χ1) is 20.0. The number of amides is 1. The lowest BCUT2D eigenvalue weighted by Crippen LogP contribution is -2.40. The molecule has 0 aliphatic carbocycles. The van der Waals surface area contributed by atoms with Gasteiger partial charge in [-0.3, -0.25) is 20.0 Å². The number of nitrogens with one attached hydrogen (secondary N) is 3. The van der Waals surface area contributed by atoms with Crippen molar-refractivity contribution in [1.29, 1.82) is 5.41 Å². The van der Waals surface area contributed by atoms with Gasteiger partial charge in [0.05, 0.1) is 36.8 Å². The van der Waals surface area contributed by atoms with E-state index in [9.17, 15) is 14.4 Å². The van der Waals surface area contributed by atoms with Crippen molar-refractivity contribution in [3.8, 4) is 17.3 Å². The van der Waals surface area contributed by atoms with Crippen LogP contribution < -0.4 is 15.4 Å². The summed E-state index contributed by atoms with van der Waals surface area (Å²) < 4.78 is 5.83. The first-order valence-electron chi connectivity index (χ1n) is 13.3. The fourth-order valence-electron chi connectivity index (χ4n) is 4.51. The summed E-state index contributed by atoms with van der Waals surface area (Å²) in [5.74, 6) is 0.537. The molecule has 0 radical (unpaired) electrons. The van der Waals surface area contributed by atoms with E-state index in [1.54, 1.807) is 30.3 Å². The number of Topliss-reactive ketones (excluding diaryl/α,β-unsaturated/α-hetero) is 1. The number of aldehydes is 1. The quantitative estimate of drug-likeness (QED) is 0.178. The largest absolute Gasteiger partial charge is 0.467 e. The average Bonchev–Trinajstić information content (AvgIpc) is 3.37. The van der Waals surface area contributed by atoms with E-state index < -0.39 is 11.8 Å². The van der Waals surface area contributed by atoms with Crippen molar-refractivity contribution < 1.29 is 19.1 Å². The van der Waals surface area contributed by atoms with Crippen molar-refractivity contribution >= 4 is 51.1 Å². The highest BCUT2D eigenvalue weighted by Crippen LogP contribution is 2.27. The third-order valence-corrected chi connectivity index (χ3v) is 7.12. The molecule has 3 aromatic rings. The Kier molecular flexibility index (Phi) is 11.2. The van der Waals surface area contributed by atoms with Crippen molar-refractivity contribution in [3.05, 3.63) is 52.0 Å². The van der Waals surface area contributed by atoms with Gasteiger partial charge in [0, 0.05) is 44.0 Å². The van der Waals surface area contributed by atoms with Gasteiger partial charge in [-0.2, -0.15) is 0 Å². The van der Waals surface area contributed by atoms with Crippen LogP contribution in [0.1, 0.15) is 37.1 Å². The van der Waals surface area contributed by atoms with Crippen LogP contribution in [0.25, 0.3) is 11.3 Å². The summed E-state index contributed by atoms with van der Waals surface area (Å²) in [5.41, 5.74) is 3.28. The minimum absolute atomic E-state index is 0.0806. The summed E-state index contributed by atoms with van der Waals surface area (Å²) in [6.45, 7) is 7.49. The Labute approximate surface area is 253 Å². The van der Waals surface area contributed by atoms with Crippen LogP contribution in [0.2, 0.25) is 0 Å². The molecule has 1 aliphatic heterocycles. The number of anilines is 2. The molecule has 3 aromatic heterocycles. The van der Waals surface area contributed by atoms with Gasteiger partial charge >= 0.3 is 6.01 Å². The van der Waals surface area contributed by atoms with Gasteiger partial charge in [-0.05, 0) is 59.8 Å². The van der Waals surface area contributed by atoms with Crippen LogP contribution in [0.5, 0.6) is 6.01 Å². The molecule has 0 saturated carbocycles. The molecule has 2 atom stereocenters. The van der Waals surface area contributed by atoms with Crippen LogP contribution in [-0.4, -0.2) is 81.8 Å². The number of hydrogen-bond acceptors (Lipinski definition) is 11. The van der Waals surface area contributed by atoms with E-state index in [2.05, 4.69) is 46.5 Å². The van der Waals surface area contributed by atoms with Crippen molar-refractivity contribution in [1.82, 2.24) is 24.8 Å². The van der Waals surface area contributed by atoms with Gasteiger partial charge in [0.15, 0.2) is 5.78 Å². The molecule has 222 valence electrons. The molecule has 1 aliphatic rings. The first kappa shape index (κ1) is 32.3. The number of ether oxygens (including phenoxy) is 1. The number of likely N-dealkylation sites (tertiary alicyclic amines) is 1. The summed E-state index contributed by atoms with van der Waals surface area (Å²) in [4.78, 5) is 54.5. The summed E-state index contributed by atoms with van der Waals surface area (Å²) in [7, 11) is 3.33. The zero-order valence-electron chi connectivity index (χ0n) is 24.5. The van der Waals surface area contributed by atoms with Crippen LogP contribution in [0.3, 0.4) is 0 Å². The van der Waals surface area contributed by atoms with Crippen molar-refractivity contribution in [2.75, 3.05) is 37.9 Å². The van der Waals surface area contributed by atoms with Crippen LogP contribution in [0, 0.1) is 25.2 Å². The lowest BCUT2D eigenvalue weighted by atomic mass is 10.0. The molecule has 4 heterocycles. The van der Waals surface area contributed by atoms with Crippen LogP contribution in [0.4, 0.5) is 11.5 Å². The van der Waals surface area contributed by atoms with Gasteiger partial charge in [-0.15, -0.1) is 0 Å². The summed E-state index contributed by atoms with van der Waals surface area (Å²) in [6.07, 6.45) is 4.53. The smallest absolute Gasteiger partial charge is 0.316 e. The standard InChI is InChI=1S/C22H26N6O4.C7H9BrN2/c1-12-5-16(11-29)28(10-12)19(31)9-24-21-13(2)27-18(6-17(21)20(23)14(3)30)15-7-25-22(32-4)26-8-15;1-5-3-4-6(8)10-7(5)9-2/h6-8,11-12,16,23-24H,5,9-10H2,1-4H3;3-4H,1-2H3,(H,9,10). The van der Waals surface area contributed by atoms with Gasteiger partial charge in [0.25, 0.3) is 0 Å². The minimum Gasteiger partial charge on any atom is -0.467 e. The van der Waals surface area contributed by atoms with Crippen LogP contribution >= 0.6 is 15.9 Å². The van der Waals surface area contributed by atoms with E-state index in [-0.39, 0.29) is 30.1 Å². The molecule has 42 heavy (non-hydrogen) atoms. The van der Waals surface area contributed by atoms with Crippen molar-refractivity contribution in [2.45, 2.75) is 40.2 Å². The van der Waals surface area contributed by atoms with Gasteiger partial charge in [0.2, 0.25) is 5.91 Å². The maximum Gasteiger partial charge on any atom is 0.316 e. The molecule has 1 fully saturated rings. The Morgan fingerprint density at radius 3 is 2.48 bits per heavy atom. The molecule has 12 nitrogen and oxygen atoms in total. The number of aromatic nitrogens is 4. The molecule has 13 heteroatoms. The molecule has 4 rings (SSSR count). The Morgan fingerprint density at radius 1 is 1.21 bits per heavy atom. The molecule has 2 unspecified atom stereocenters. The number of pyridine rings is 2. The Hall–Kier alpha value is -4.26. The number of nitrogens with zero attached hydrogens (tertiary/aromatic N) is 5. The zero-order chi connectivity index (χ0) is 31.0. The maximum absolute atomic E-state index is 12.7. The third-order valence-electron chi connectivity index (χ3n) is 6.67. The summed E-state index contributed by atoms with van der Waals surface area (Å²) in [6, 6.07) is 5.33. The Morgan fingerprint density at radius 2 is 1.90 bits per heavy atom. The lowest BCUT2D eigenvalue weighted by Gasteiger charge is -2.22. The highest BCUT2D eigenvalue weighted by Gasteiger charge is 2.32. The fourth-order valence-corrected chi connectivity index (χ4v) is 4.82. The van der Waals surface area contributed by atoms with Gasteiger partial charge in [-0.1, -0.05) is 13.0 Å². The Balaban J connectivity index is 0.000000408. The topological polar surface area (TPSA) is 163 Å². The minimum atomic E-state index is -0.425. The van der Waals surface area contributed by atoms with E-state index >= 15 is 0 Å². The third kappa shape index (κ3) is 7.93. The molecular weight excluding hydrogens is 604 g/mol. The monoisotopic (exact) mass is 638 g/mol. The number of methoxy groups -OCH3 is 1. The molecule has 1 amide bonds. The molecule has 0 aromatic carbocycles. The van der Waals surface area contributed by atoms with E-state index in [4.69, 9.17) is 10.1 Å². The normalized spacial score (nSPS) is 15.7.